The molecule has 9 nitrogen and oxygen atoms in total. The van der Waals surface area contributed by atoms with Gasteiger partial charge in [0.2, 0.25) is 5.91 Å². The SMILES string of the molecule is COc1ccc2c(c1)[C@]1(O[C@@H](CCO)[C@H]([Si](C)(C)O)[C@H]1C)C(=O)N2Cc1ccc(NC(=O)C2CCCNC2)cc1. The summed E-state index contributed by atoms with van der Waals surface area (Å²) in [6.45, 7) is 7.62. The highest BCUT2D eigenvalue weighted by atomic mass is 28.4. The van der Waals surface area contributed by atoms with Crippen molar-refractivity contribution >= 4 is 31.5 Å². The molecule has 40 heavy (non-hydrogen) atoms. The smallest absolute Gasteiger partial charge is 0.264 e. The Labute approximate surface area is 237 Å². The number of ether oxygens (including phenoxy) is 2. The lowest BCUT2D eigenvalue weighted by Crippen LogP contribution is -2.46. The molecule has 216 valence electrons. The molecule has 4 N–H and O–H groups in total. The second-order valence-corrected chi connectivity index (χ2v) is 15.9. The Morgan fingerprint density at radius 3 is 2.62 bits per heavy atom. The number of fused-ring (bicyclic) bond motifs is 2. The van der Waals surface area contributed by atoms with E-state index in [1.807, 2.05) is 62.5 Å². The van der Waals surface area contributed by atoms with Crippen molar-refractivity contribution in [1.29, 1.82) is 0 Å². The average molecular weight is 568 g/mol. The molecule has 5 atom stereocenters. The molecule has 0 radical (unpaired) electrons. The summed E-state index contributed by atoms with van der Waals surface area (Å²) in [7, 11) is -1.17. The van der Waals surface area contributed by atoms with Crippen molar-refractivity contribution in [2.24, 2.45) is 11.8 Å². The van der Waals surface area contributed by atoms with Crippen LogP contribution in [-0.2, 0) is 26.5 Å². The van der Waals surface area contributed by atoms with E-state index in [4.69, 9.17) is 9.47 Å². The number of hydrogen-bond acceptors (Lipinski definition) is 7. The summed E-state index contributed by atoms with van der Waals surface area (Å²) >= 11 is 0. The van der Waals surface area contributed by atoms with E-state index in [2.05, 4.69) is 10.6 Å². The number of nitrogens with zero attached hydrogens (tertiary/aromatic N) is 1. The maximum absolute atomic E-state index is 14.4. The number of rotatable bonds is 8. The molecule has 0 bridgehead atoms. The molecule has 1 unspecified atom stereocenters. The lowest BCUT2D eigenvalue weighted by molar-refractivity contribution is -0.146. The van der Waals surface area contributed by atoms with E-state index in [0.717, 1.165) is 41.9 Å². The van der Waals surface area contributed by atoms with Gasteiger partial charge in [-0.25, -0.2) is 0 Å². The number of hydrogen-bond donors (Lipinski definition) is 4. The van der Waals surface area contributed by atoms with Gasteiger partial charge in [0.25, 0.3) is 5.91 Å². The number of methoxy groups -OCH3 is 1. The van der Waals surface area contributed by atoms with Crippen molar-refractivity contribution in [2.75, 3.05) is 37.0 Å². The molecular weight excluding hydrogens is 526 g/mol. The molecule has 1 spiro atoms. The summed E-state index contributed by atoms with van der Waals surface area (Å²) in [5.74, 6) is 0.146. The number of nitrogens with one attached hydrogen (secondary N) is 2. The standard InChI is InChI=1S/C30H41N3O6Si/c1-19-27(40(3,4)37)26(13-15-34)39-30(19)24-16-23(38-2)11-12-25(24)33(29(30)36)18-20-7-9-22(10-8-20)32-28(35)21-6-5-14-31-17-21/h7-12,16,19,21,26-27,31,34,37H,5-6,13-15,17-18H2,1-4H3,(H,32,35)/t19-,21?,26+,27-,30+/m1/s1. The zero-order valence-electron chi connectivity index (χ0n) is 23.8. The first-order valence-electron chi connectivity index (χ1n) is 14.2. The van der Waals surface area contributed by atoms with Gasteiger partial charge in [0.15, 0.2) is 13.9 Å². The second-order valence-electron chi connectivity index (χ2n) is 11.9. The molecule has 0 aromatic heterocycles. The third-order valence-corrected chi connectivity index (χ3v) is 11.3. The van der Waals surface area contributed by atoms with Crippen LogP contribution >= 0.6 is 0 Å². The highest BCUT2D eigenvalue weighted by molar-refractivity contribution is 6.71. The summed E-state index contributed by atoms with van der Waals surface area (Å²) in [5.41, 5.74) is 1.62. The lowest BCUT2D eigenvalue weighted by atomic mass is 9.82. The van der Waals surface area contributed by atoms with Gasteiger partial charge in [-0.2, -0.15) is 0 Å². The van der Waals surface area contributed by atoms with E-state index in [1.54, 1.807) is 12.0 Å². The Bertz CT molecular complexity index is 1240. The van der Waals surface area contributed by atoms with Gasteiger partial charge in [-0.15, -0.1) is 0 Å². The van der Waals surface area contributed by atoms with Gasteiger partial charge >= 0.3 is 0 Å². The van der Waals surface area contributed by atoms with Crippen LogP contribution in [0.4, 0.5) is 11.4 Å². The third-order valence-electron chi connectivity index (χ3n) is 8.83. The third kappa shape index (κ3) is 5.07. The fourth-order valence-corrected chi connectivity index (χ4v) is 9.54. The predicted octanol–water partition coefficient (Wildman–Crippen LogP) is 3.36. The lowest BCUT2D eigenvalue weighted by Gasteiger charge is -2.32. The molecular formula is C30H41N3O6Si. The van der Waals surface area contributed by atoms with E-state index >= 15 is 0 Å². The molecule has 5 rings (SSSR count). The minimum Gasteiger partial charge on any atom is -0.497 e. The van der Waals surface area contributed by atoms with Gasteiger partial charge < -0.3 is 34.9 Å². The number of aliphatic hydroxyl groups excluding tert-OH is 1. The van der Waals surface area contributed by atoms with Gasteiger partial charge in [0, 0.05) is 35.9 Å². The number of piperidine rings is 1. The van der Waals surface area contributed by atoms with Crippen molar-refractivity contribution < 1.29 is 29.0 Å². The largest absolute Gasteiger partial charge is 0.497 e. The fraction of sp³-hybridized carbons (Fsp3) is 0.533. The topological polar surface area (TPSA) is 120 Å². The van der Waals surface area contributed by atoms with Crippen LogP contribution in [0.5, 0.6) is 5.75 Å². The van der Waals surface area contributed by atoms with Crippen LogP contribution in [0.1, 0.15) is 37.3 Å². The molecule has 2 saturated heterocycles. The van der Waals surface area contributed by atoms with E-state index in [-0.39, 0.29) is 35.8 Å². The minimum atomic E-state index is -2.76. The first kappa shape index (κ1) is 28.8. The Hall–Kier alpha value is -2.76. The highest BCUT2D eigenvalue weighted by Crippen LogP contribution is 2.60. The Morgan fingerprint density at radius 2 is 2.00 bits per heavy atom. The molecule has 2 aromatic rings. The summed E-state index contributed by atoms with van der Waals surface area (Å²) in [6.07, 6.45) is 1.80. The summed E-state index contributed by atoms with van der Waals surface area (Å²) in [4.78, 5) is 40.0. The molecule has 3 aliphatic rings. The van der Waals surface area contributed by atoms with Crippen molar-refractivity contribution in [1.82, 2.24) is 5.32 Å². The van der Waals surface area contributed by atoms with Crippen LogP contribution in [0.3, 0.4) is 0 Å². The summed E-state index contributed by atoms with van der Waals surface area (Å²) < 4.78 is 12.2. The first-order valence-corrected chi connectivity index (χ1v) is 17.2. The van der Waals surface area contributed by atoms with Crippen LogP contribution in [0, 0.1) is 11.8 Å². The monoisotopic (exact) mass is 567 g/mol. The van der Waals surface area contributed by atoms with Crippen molar-refractivity contribution in [2.45, 2.75) is 63.1 Å². The Kier molecular flexibility index (Phi) is 8.09. The fourth-order valence-electron chi connectivity index (χ4n) is 6.93. The zero-order valence-corrected chi connectivity index (χ0v) is 24.8. The van der Waals surface area contributed by atoms with Crippen LogP contribution in [-0.4, -0.2) is 62.9 Å². The molecule has 2 fully saturated rings. The quantitative estimate of drug-likeness (QED) is 0.361. The zero-order chi connectivity index (χ0) is 28.7. The highest BCUT2D eigenvalue weighted by Gasteiger charge is 2.66. The Morgan fingerprint density at radius 1 is 1.25 bits per heavy atom. The number of benzene rings is 2. The first-order chi connectivity index (χ1) is 19.1. The van der Waals surface area contributed by atoms with Gasteiger partial charge in [0.1, 0.15) is 5.75 Å². The predicted molar refractivity (Wildman–Crippen MR) is 156 cm³/mol. The summed E-state index contributed by atoms with van der Waals surface area (Å²) in [5, 5.41) is 16.1. The number of anilines is 2. The van der Waals surface area contributed by atoms with Gasteiger partial charge in [-0.05, 0) is 74.8 Å². The van der Waals surface area contributed by atoms with Crippen LogP contribution in [0.2, 0.25) is 18.6 Å². The number of carbonyl (C=O) groups excluding carboxylic acids is 2. The molecule has 3 heterocycles. The number of amides is 2. The molecule has 2 aromatic carbocycles. The van der Waals surface area contributed by atoms with E-state index in [1.165, 1.54) is 0 Å². The van der Waals surface area contributed by atoms with Crippen LogP contribution in [0.25, 0.3) is 0 Å². The minimum absolute atomic E-state index is 0.0224. The maximum Gasteiger partial charge on any atom is 0.264 e. The second kappa shape index (κ2) is 11.3. The molecule has 2 amide bonds. The van der Waals surface area contributed by atoms with E-state index in [9.17, 15) is 19.5 Å². The van der Waals surface area contributed by atoms with Crippen LogP contribution < -0.4 is 20.3 Å². The molecule has 3 aliphatic heterocycles. The van der Waals surface area contributed by atoms with E-state index in [0.29, 0.717) is 25.3 Å². The Balaban J connectivity index is 1.43. The molecule has 0 saturated carbocycles. The molecule has 10 heteroatoms. The van der Waals surface area contributed by atoms with Crippen LogP contribution in [0.15, 0.2) is 42.5 Å². The van der Waals surface area contributed by atoms with Gasteiger partial charge in [-0.1, -0.05) is 19.1 Å². The van der Waals surface area contributed by atoms with E-state index < -0.39 is 20.0 Å². The van der Waals surface area contributed by atoms with Crippen molar-refractivity contribution in [3.05, 3.63) is 53.6 Å². The van der Waals surface area contributed by atoms with Gasteiger partial charge in [-0.3, -0.25) is 9.59 Å². The van der Waals surface area contributed by atoms with Crippen molar-refractivity contribution in [3.63, 3.8) is 0 Å². The number of carbonyl (C=O) groups is 2. The van der Waals surface area contributed by atoms with Gasteiger partial charge in [0.05, 0.1) is 31.4 Å². The van der Waals surface area contributed by atoms with Crippen molar-refractivity contribution in [3.8, 4) is 5.75 Å². The maximum atomic E-state index is 14.4. The normalized spacial score (nSPS) is 28.1. The average Bonchev–Trinajstić information content (AvgIpc) is 3.36. The number of aliphatic hydroxyl groups is 1. The molecule has 0 aliphatic carbocycles. The summed E-state index contributed by atoms with van der Waals surface area (Å²) in [6, 6.07) is 13.2.